The van der Waals surface area contributed by atoms with Crippen molar-refractivity contribution in [2.75, 3.05) is 13.8 Å². The van der Waals surface area contributed by atoms with Gasteiger partial charge in [0.05, 0.1) is 18.2 Å². The molecule has 3 aromatic rings. The maximum absolute atomic E-state index is 13.3. The second-order valence-corrected chi connectivity index (χ2v) is 10.1. The van der Waals surface area contributed by atoms with Crippen LogP contribution in [0.1, 0.15) is 53.0 Å². The molecule has 4 rings (SSSR count). The standard InChI is InChI=1S/C24H24N2O7S/c1-13(2)17-10-15(32-5)11-19-21(17)24(29)26(34(19,30)31)12-33-22-16-8-6-7-9-18(16)25(4)23(28)20(22)14(3)27/h6-11,13H,12H2,1-5H3. The van der Waals surface area contributed by atoms with Crippen molar-refractivity contribution in [3.05, 3.63) is 63.4 Å². The highest BCUT2D eigenvalue weighted by Gasteiger charge is 2.44. The van der Waals surface area contributed by atoms with Gasteiger partial charge in [0, 0.05) is 18.5 Å². The smallest absolute Gasteiger partial charge is 0.272 e. The number of carbonyl (C=O) groups excluding carboxylic acids is 2. The van der Waals surface area contributed by atoms with Gasteiger partial charge in [0.2, 0.25) is 0 Å². The van der Waals surface area contributed by atoms with Crippen molar-refractivity contribution in [1.29, 1.82) is 0 Å². The van der Waals surface area contributed by atoms with Gasteiger partial charge >= 0.3 is 0 Å². The maximum Gasteiger partial charge on any atom is 0.272 e. The molecule has 2 heterocycles. The Morgan fingerprint density at radius 3 is 2.41 bits per heavy atom. The lowest BCUT2D eigenvalue weighted by Gasteiger charge is -2.19. The summed E-state index contributed by atoms with van der Waals surface area (Å²) in [5, 5.41) is 0.445. The first-order valence-corrected chi connectivity index (χ1v) is 12.0. The van der Waals surface area contributed by atoms with Crippen LogP contribution < -0.4 is 15.0 Å². The van der Waals surface area contributed by atoms with Crippen molar-refractivity contribution in [2.24, 2.45) is 7.05 Å². The summed E-state index contributed by atoms with van der Waals surface area (Å²) in [5.41, 5.74) is 0.311. The van der Waals surface area contributed by atoms with Crippen molar-refractivity contribution in [3.63, 3.8) is 0 Å². The van der Waals surface area contributed by atoms with Crippen LogP contribution in [0.4, 0.5) is 0 Å². The molecule has 0 saturated carbocycles. The summed E-state index contributed by atoms with van der Waals surface area (Å²) in [6.45, 7) is 4.22. The highest BCUT2D eigenvalue weighted by atomic mass is 32.2. The number of fused-ring (bicyclic) bond motifs is 2. The molecule has 0 atom stereocenters. The molecule has 34 heavy (non-hydrogen) atoms. The maximum atomic E-state index is 13.3. The first kappa shape index (κ1) is 23.5. The largest absolute Gasteiger partial charge is 0.497 e. The Kier molecular flexibility index (Phi) is 5.72. The van der Waals surface area contributed by atoms with Gasteiger partial charge in [0.15, 0.2) is 12.5 Å². The summed E-state index contributed by atoms with van der Waals surface area (Å²) >= 11 is 0. The van der Waals surface area contributed by atoms with Crippen LogP contribution in [-0.4, -0.2) is 42.8 Å². The van der Waals surface area contributed by atoms with E-state index in [4.69, 9.17) is 9.47 Å². The molecule has 0 bridgehead atoms. The fraction of sp³-hybridized carbons (Fsp3) is 0.292. The number of para-hydroxylation sites is 1. The topological polar surface area (TPSA) is 112 Å². The minimum absolute atomic E-state index is 0.0631. The summed E-state index contributed by atoms with van der Waals surface area (Å²) in [5.74, 6) is -1.16. The fourth-order valence-electron chi connectivity index (χ4n) is 4.15. The zero-order valence-corrected chi connectivity index (χ0v) is 20.2. The van der Waals surface area contributed by atoms with E-state index in [2.05, 4.69) is 0 Å². The first-order chi connectivity index (χ1) is 16.0. The van der Waals surface area contributed by atoms with E-state index in [1.807, 2.05) is 13.8 Å². The highest BCUT2D eigenvalue weighted by Crippen LogP contribution is 2.39. The molecule has 0 saturated heterocycles. The van der Waals surface area contributed by atoms with E-state index in [0.717, 1.165) is 0 Å². The number of aryl methyl sites for hydroxylation is 1. The molecular formula is C24H24N2O7S. The molecule has 1 aliphatic heterocycles. The summed E-state index contributed by atoms with van der Waals surface area (Å²) < 4.78 is 39.6. The minimum atomic E-state index is -4.25. The quantitative estimate of drug-likeness (QED) is 0.494. The molecule has 2 aromatic carbocycles. The van der Waals surface area contributed by atoms with Crippen LogP contribution in [-0.2, 0) is 17.1 Å². The normalized spacial score (nSPS) is 14.5. The number of benzene rings is 2. The van der Waals surface area contributed by atoms with Crippen molar-refractivity contribution in [3.8, 4) is 11.5 Å². The Bertz CT molecular complexity index is 1520. The van der Waals surface area contributed by atoms with Crippen molar-refractivity contribution >= 4 is 32.6 Å². The Morgan fingerprint density at radius 2 is 1.79 bits per heavy atom. The van der Waals surface area contributed by atoms with E-state index in [1.165, 1.54) is 31.7 Å². The number of ether oxygens (including phenoxy) is 2. The predicted molar refractivity (Wildman–Crippen MR) is 125 cm³/mol. The molecule has 178 valence electrons. The predicted octanol–water partition coefficient (Wildman–Crippen LogP) is 3.05. The second kappa shape index (κ2) is 8.28. The molecule has 0 N–H and O–H groups in total. The SMILES string of the molecule is COc1cc(C(C)C)c2c(c1)S(=O)(=O)N(COc1c(C(C)=O)c(=O)n(C)c3ccccc13)C2=O. The molecule has 0 aliphatic carbocycles. The number of sulfonamides is 1. The van der Waals surface area contributed by atoms with E-state index >= 15 is 0 Å². The third-order valence-electron chi connectivity index (χ3n) is 5.91. The molecule has 0 radical (unpaired) electrons. The van der Waals surface area contributed by atoms with Crippen LogP contribution >= 0.6 is 0 Å². The summed E-state index contributed by atoms with van der Waals surface area (Å²) in [6, 6.07) is 9.73. The van der Waals surface area contributed by atoms with E-state index in [1.54, 1.807) is 30.3 Å². The van der Waals surface area contributed by atoms with Crippen LogP contribution in [0.3, 0.4) is 0 Å². The third kappa shape index (κ3) is 3.45. The lowest BCUT2D eigenvalue weighted by atomic mass is 9.96. The summed E-state index contributed by atoms with van der Waals surface area (Å²) in [6.07, 6.45) is 0. The Labute approximate surface area is 196 Å². The molecule has 1 amide bonds. The average Bonchev–Trinajstić information content (AvgIpc) is 2.99. The van der Waals surface area contributed by atoms with Crippen LogP contribution in [0.25, 0.3) is 10.9 Å². The highest BCUT2D eigenvalue weighted by molar-refractivity contribution is 7.90. The Hall–Kier alpha value is -3.66. The Balaban J connectivity index is 1.83. The number of Topliss-reactive ketones (excluding diaryl/α,β-unsaturated/α-hetero) is 1. The lowest BCUT2D eigenvalue weighted by Crippen LogP contribution is -2.35. The number of nitrogens with zero attached hydrogens (tertiary/aromatic N) is 2. The number of ketones is 1. The van der Waals surface area contributed by atoms with Crippen molar-refractivity contribution in [1.82, 2.24) is 8.87 Å². The molecule has 10 heteroatoms. The van der Waals surface area contributed by atoms with Gasteiger partial charge in [-0.1, -0.05) is 26.0 Å². The van der Waals surface area contributed by atoms with Gasteiger partial charge in [-0.15, -0.1) is 0 Å². The van der Waals surface area contributed by atoms with E-state index in [-0.39, 0.29) is 27.7 Å². The lowest BCUT2D eigenvalue weighted by molar-refractivity contribution is 0.0789. The molecule has 9 nitrogen and oxygen atoms in total. The van der Waals surface area contributed by atoms with E-state index in [0.29, 0.717) is 26.5 Å². The van der Waals surface area contributed by atoms with E-state index < -0.39 is 34.0 Å². The van der Waals surface area contributed by atoms with Gasteiger partial charge in [-0.2, -0.15) is 4.31 Å². The number of hydrogen-bond donors (Lipinski definition) is 0. The van der Waals surface area contributed by atoms with Gasteiger partial charge in [-0.3, -0.25) is 14.4 Å². The number of pyridine rings is 1. The monoisotopic (exact) mass is 484 g/mol. The van der Waals surface area contributed by atoms with Crippen LogP contribution in [0, 0.1) is 0 Å². The third-order valence-corrected chi connectivity index (χ3v) is 7.64. The Morgan fingerprint density at radius 1 is 1.12 bits per heavy atom. The second-order valence-electron chi connectivity index (χ2n) is 8.32. The molecular weight excluding hydrogens is 460 g/mol. The van der Waals surface area contributed by atoms with Crippen LogP contribution in [0.2, 0.25) is 0 Å². The fourth-order valence-corrected chi connectivity index (χ4v) is 5.61. The van der Waals surface area contributed by atoms with Gasteiger partial charge in [0.1, 0.15) is 22.0 Å². The van der Waals surface area contributed by atoms with Crippen molar-refractivity contribution < 1.29 is 27.5 Å². The van der Waals surface area contributed by atoms with Gasteiger partial charge < -0.3 is 14.0 Å². The zero-order chi connectivity index (χ0) is 24.9. The number of aromatic nitrogens is 1. The molecule has 1 aliphatic rings. The first-order valence-electron chi connectivity index (χ1n) is 10.5. The number of methoxy groups -OCH3 is 1. The van der Waals surface area contributed by atoms with Crippen molar-refractivity contribution in [2.45, 2.75) is 31.6 Å². The zero-order valence-electron chi connectivity index (χ0n) is 19.4. The van der Waals surface area contributed by atoms with Gasteiger partial charge in [-0.25, -0.2) is 8.42 Å². The van der Waals surface area contributed by atoms with Gasteiger partial charge in [0.25, 0.3) is 21.5 Å². The van der Waals surface area contributed by atoms with Crippen LogP contribution in [0.5, 0.6) is 11.5 Å². The number of amides is 1. The van der Waals surface area contributed by atoms with Gasteiger partial charge in [-0.05, 0) is 36.6 Å². The molecule has 0 spiro atoms. The molecule has 0 fully saturated rings. The molecule has 0 unspecified atom stereocenters. The minimum Gasteiger partial charge on any atom is -0.497 e. The molecule has 1 aromatic heterocycles. The number of carbonyl (C=O) groups is 2. The number of hydrogen-bond acceptors (Lipinski definition) is 7. The summed E-state index contributed by atoms with van der Waals surface area (Å²) in [7, 11) is -1.30. The van der Waals surface area contributed by atoms with E-state index in [9.17, 15) is 22.8 Å². The number of rotatable bonds is 6. The van der Waals surface area contributed by atoms with Crippen LogP contribution in [0.15, 0.2) is 46.1 Å². The summed E-state index contributed by atoms with van der Waals surface area (Å²) in [4.78, 5) is 38.3. The average molecular weight is 485 g/mol.